The highest BCUT2D eigenvalue weighted by Gasteiger charge is 2.35. The monoisotopic (exact) mass is 302 g/mol. The molecule has 0 spiro atoms. The number of likely N-dealkylation sites (tertiary alicyclic amines) is 1. The molecule has 6 nitrogen and oxygen atoms in total. The van der Waals surface area contributed by atoms with E-state index in [1.807, 2.05) is 4.72 Å². The number of hydrogen-bond donors (Lipinski definition) is 1. The van der Waals surface area contributed by atoms with Crippen molar-refractivity contribution in [3.05, 3.63) is 22.4 Å². The minimum Gasteiger partial charge on any atom is -0.326 e. The first kappa shape index (κ1) is 14.0. The van der Waals surface area contributed by atoms with Crippen molar-refractivity contribution >= 4 is 33.2 Å². The quantitative estimate of drug-likeness (QED) is 0.877. The summed E-state index contributed by atoms with van der Waals surface area (Å²) >= 11 is 1.30. The SMILES string of the molecule is CS(=O)(=O)NC(=O)C1CCCN1C(=O)c1cccs1. The number of sulfonamides is 1. The summed E-state index contributed by atoms with van der Waals surface area (Å²) in [5.74, 6) is -0.856. The van der Waals surface area contributed by atoms with Gasteiger partial charge in [-0.2, -0.15) is 0 Å². The van der Waals surface area contributed by atoms with Crippen LogP contribution in [-0.2, 0) is 14.8 Å². The van der Waals surface area contributed by atoms with Crippen molar-refractivity contribution in [1.29, 1.82) is 0 Å². The van der Waals surface area contributed by atoms with Gasteiger partial charge in [0.2, 0.25) is 10.0 Å². The third-order valence-electron chi connectivity index (χ3n) is 2.83. The predicted octanol–water partition coefficient (Wildman–Crippen LogP) is 0.429. The number of carbonyl (C=O) groups excluding carboxylic acids is 2. The van der Waals surface area contributed by atoms with Gasteiger partial charge in [-0.05, 0) is 24.3 Å². The van der Waals surface area contributed by atoms with Crippen molar-refractivity contribution in [2.24, 2.45) is 0 Å². The van der Waals surface area contributed by atoms with Gasteiger partial charge in [-0.1, -0.05) is 6.07 Å². The minimum absolute atomic E-state index is 0.221. The first-order chi connectivity index (χ1) is 8.88. The van der Waals surface area contributed by atoms with Crippen molar-refractivity contribution in [2.75, 3.05) is 12.8 Å². The van der Waals surface area contributed by atoms with Gasteiger partial charge in [-0.25, -0.2) is 8.42 Å². The fraction of sp³-hybridized carbons (Fsp3) is 0.455. The maximum atomic E-state index is 12.2. The van der Waals surface area contributed by atoms with E-state index in [-0.39, 0.29) is 5.91 Å². The highest BCUT2D eigenvalue weighted by molar-refractivity contribution is 7.89. The first-order valence-electron chi connectivity index (χ1n) is 5.74. The molecule has 0 radical (unpaired) electrons. The maximum Gasteiger partial charge on any atom is 0.264 e. The fourth-order valence-electron chi connectivity index (χ4n) is 2.07. The molecule has 1 aromatic heterocycles. The van der Waals surface area contributed by atoms with E-state index < -0.39 is 22.0 Å². The Balaban J connectivity index is 2.13. The lowest BCUT2D eigenvalue weighted by Crippen LogP contribution is -2.47. The Kier molecular flexibility index (Phi) is 3.91. The van der Waals surface area contributed by atoms with Crippen LogP contribution in [0.5, 0.6) is 0 Å². The number of amides is 2. The second kappa shape index (κ2) is 5.30. The molecular formula is C11H14N2O4S2. The lowest BCUT2D eigenvalue weighted by atomic mass is 10.2. The van der Waals surface area contributed by atoms with Crippen molar-refractivity contribution in [1.82, 2.24) is 9.62 Å². The minimum atomic E-state index is -3.60. The lowest BCUT2D eigenvalue weighted by molar-refractivity contribution is -0.123. The zero-order valence-corrected chi connectivity index (χ0v) is 12.0. The van der Waals surface area contributed by atoms with E-state index in [0.717, 1.165) is 6.26 Å². The van der Waals surface area contributed by atoms with Crippen molar-refractivity contribution in [2.45, 2.75) is 18.9 Å². The van der Waals surface area contributed by atoms with Gasteiger partial charge in [0.1, 0.15) is 6.04 Å². The summed E-state index contributed by atoms with van der Waals surface area (Å²) in [5, 5.41) is 1.79. The molecule has 104 valence electrons. The second-order valence-electron chi connectivity index (χ2n) is 4.37. The third-order valence-corrected chi connectivity index (χ3v) is 4.26. The van der Waals surface area contributed by atoms with Crippen LogP contribution in [0.15, 0.2) is 17.5 Å². The molecule has 0 aromatic carbocycles. The van der Waals surface area contributed by atoms with E-state index in [0.29, 0.717) is 24.3 Å². The number of nitrogens with zero attached hydrogens (tertiary/aromatic N) is 1. The molecule has 0 aliphatic carbocycles. The lowest BCUT2D eigenvalue weighted by Gasteiger charge is -2.22. The number of rotatable bonds is 3. The third kappa shape index (κ3) is 3.32. The molecule has 1 aliphatic heterocycles. The van der Waals surface area contributed by atoms with Crippen molar-refractivity contribution in [3.63, 3.8) is 0 Å². The molecule has 1 saturated heterocycles. The predicted molar refractivity (Wildman–Crippen MR) is 71.4 cm³/mol. The Labute approximate surface area is 115 Å². The Bertz CT molecular complexity index is 580. The van der Waals surface area contributed by atoms with Gasteiger partial charge in [0.15, 0.2) is 0 Å². The molecule has 8 heteroatoms. The molecule has 2 amide bonds. The van der Waals surface area contributed by atoms with Gasteiger partial charge in [0.25, 0.3) is 11.8 Å². The first-order valence-corrected chi connectivity index (χ1v) is 8.52. The molecule has 0 bridgehead atoms. The van der Waals surface area contributed by atoms with Gasteiger partial charge in [-0.15, -0.1) is 11.3 Å². The van der Waals surface area contributed by atoms with E-state index in [4.69, 9.17) is 0 Å². The summed E-state index contributed by atoms with van der Waals surface area (Å²) in [6.45, 7) is 0.471. The molecule has 0 saturated carbocycles. The van der Waals surface area contributed by atoms with Gasteiger partial charge in [0, 0.05) is 6.54 Å². The average Bonchev–Trinajstić information content (AvgIpc) is 2.97. The fourth-order valence-corrected chi connectivity index (χ4v) is 3.26. The largest absolute Gasteiger partial charge is 0.326 e. The van der Waals surface area contributed by atoms with Gasteiger partial charge >= 0.3 is 0 Å². The van der Waals surface area contributed by atoms with E-state index in [1.54, 1.807) is 17.5 Å². The van der Waals surface area contributed by atoms with E-state index >= 15 is 0 Å². The van der Waals surface area contributed by atoms with Gasteiger partial charge < -0.3 is 4.90 Å². The van der Waals surface area contributed by atoms with Crippen LogP contribution in [0.25, 0.3) is 0 Å². The van der Waals surface area contributed by atoms with Crippen LogP contribution in [0.1, 0.15) is 22.5 Å². The Hall–Kier alpha value is -1.41. The number of nitrogens with one attached hydrogen (secondary N) is 1. The van der Waals surface area contributed by atoms with Crippen LogP contribution < -0.4 is 4.72 Å². The molecule has 1 fully saturated rings. The average molecular weight is 302 g/mol. The molecule has 1 atom stereocenters. The Morgan fingerprint density at radius 1 is 1.47 bits per heavy atom. The van der Waals surface area contributed by atoms with Crippen molar-refractivity contribution in [3.8, 4) is 0 Å². The number of hydrogen-bond acceptors (Lipinski definition) is 5. The normalized spacial score (nSPS) is 19.4. The highest BCUT2D eigenvalue weighted by atomic mass is 32.2. The number of carbonyl (C=O) groups is 2. The van der Waals surface area contributed by atoms with E-state index in [2.05, 4.69) is 0 Å². The zero-order valence-electron chi connectivity index (χ0n) is 10.3. The molecule has 1 aliphatic rings. The summed E-state index contributed by atoms with van der Waals surface area (Å²) in [5.41, 5.74) is 0. The molecule has 2 heterocycles. The van der Waals surface area contributed by atoms with E-state index in [9.17, 15) is 18.0 Å². The van der Waals surface area contributed by atoms with Crippen LogP contribution in [0, 0.1) is 0 Å². The Morgan fingerprint density at radius 2 is 2.21 bits per heavy atom. The summed E-state index contributed by atoms with van der Waals surface area (Å²) in [7, 11) is -3.60. The highest BCUT2D eigenvalue weighted by Crippen LogP contribution is 2.22. The van der Waals surface area contributed by atoms with Crippen LogP contribution in [-0.4, -0.2) is 44.0 Å². The molecule has 1 aromatic rings. The van der Waals surface area contributed by atoms with Crippen molar-refractivity contribution < 1.29 is 18.0 Å². The van der Waals surface area contributed by atoms with Crippen LogP contribution in [0.2, 0.25) is 0 Å². The zero-order chi connectivity index (χ0) is 14.0. The standard InChI is InChI=1S/C11H14N2O4S2/c1-19(16,17)12-10(14)8-4-2-6-13(8)11(15)9-5-3-7-18-9/h3,5,7-8H,2,4,6H2,1H3,(H,12,14). The number of thiophene rings is 1. The maximum absolute atomic E-state index is 12.2. The smallest absolute Gasteiger partial charge is 0.264 e. The van der Waals surface area contributed by atoms with Crippen LogP contribution >= 0.6 is 11.3 Å². The van der Waals surface area contributed by atoms with E-state index in [1.165, 1.54) is 16.2 Å². The van der Waals surface area contributed by atoms with Gasteiger partial charge in [-0.3, -0.25) is 14.3 Å². The van der Waals surface area contributed by atoms with Crippen LogP contribution in [0.4, 0.5) is 0 Å². The summed E-state index contributed by atoms with van der Waals surface area (Å²) in [6.07, 6.45) is 2.10. The molecule has 19 heavy (non-hydrogen) atoms. The molecule has 1 unspecified atom stereocenters. The summed E-state index contributed by atoms with van der Waals surface area (Å²) < 4.78 is 24.1. The van der Waals surface area contributed by atoms with Crippen LogP contribution in [0.3, 0.4) is 0 Å². The molecular weight excluding hydrogens is 288 g/mol. The molecule has 2 rings (SSSR count). The van der Waals surface area contributed by atoms with Gasteiger partial charge in [0.05, 0.1) is 11.1 Å². The topological polar surface area (TPSA) is 83.6 Å². The summed E-state index contributed by atoms with van der Waals surface area (Å²) in [6, 6.07) is 2.75. The summed E-state index contributed by atoms with van der Waals surface area (Å²) in [4.78, 5) is 26.1. The second-order valence-corrected chi connectivity index (χ2v) is 7.07. The molecule has 1 N–H and O–H groups in total. The Morgan fingerprint density at radius 3 is 2.79 bits per heavy atom.